The number of nitrogens with one attached hydrogen (secondary N) is 1. The summed E-state index contributed by atoms with van der Waals surface area (Å²) in [5, 5.41) is 2.23. The van der Waals surface area contributed by atoms with Gasteiger partial charge in [0.1, 0.15) is 17.1 Å². The first-order valence-electron chi connectivity index (χ1n) is 4.96. The number of amides is 2. The molecule has 2 heterocycles. The van der Waals surface area contributed by atoms with E-state index >= 15 is 0 Å². The lowest BCUT2D eigenvalue weighted by atomic mass is 10.0. The summed E-state index contributed by atoms with van der Waals surface area (Å²) in [5.74, 6) is -0.222. The molecule has 3 radical (unpaired) electrons. The number of hydrogen-bond donors (Lipinski definition) is 1. The largest absolute Gasteiger partial charge is 0.511 e. The maximum absolute atomic E-state index is 11.9. The van der Waals surface area contributed by atoms with Gasteiger partial charge in [0.2, 0.25) is 6.41 Å². The fourth-order valence-corrected chi connectivity index (χ4v) is 4.37. The van der Waals surface area contributed by atoms with Crippen LogP contribution >= 0.6 is 34.4 Å². The second-order valence-electron chi connectivity index (χ2n) is 3.65. The average Bonchev–Trinajstić information content (AvgIpc) is 2.41. The lowest BCUT2D eigenvalue weighted by Gasteiger charge is -2.49. The lowest BCUT2D eigenvalue weighted by Crippen LogP contribution is -2.69. The molecular formula is C9H8IN2O4SSi. The van der Waals surface area contributed by atoms with Crippen molar-refractivity contribution in [3.8, 4) is 0 Å². The number of carbonyl (C=O) groups is 3. The van der Waals surface area contributed by atoms with Crippen LogP contribution in [0.2, 0.25) is 0 Å². The van der Waals surface area contributed by atoms with Gasteiger partial charge in [-0.25, -0.2) is 4.79 Å². The van der Waals surface area contributed by atoms with Crippen LogP contribution in [0.15, 0.2) is 11.3 Å². The average molecular weight is 395 g/mol. The van der Waals surface area contributed by atoms with Gasteiger partial charge < -0.3 is 9.74 Å². The van der Waals surface area contributed by atoms with E-state index in [0.717, 1.165) is 5.57 Å². The zero-order valence-corrected chi connectivity index (χ0v) is 13.0. The molecule has 0 spiro atoms. The Kier molecular flexibility index (Phi) is 4.32. The van der Waals surface area contributed by atoms with Crippen LogP contribution < -0.4 is 5.32 Å². The molecule has 0 aliphatic carbocycles. The fourth-order valence-electron chi connectivity index (χ4n) is 1.92. The molecule has 1 saturated heterocycles. The number of alkyl halides is 1. The SMILES string of the molecule is O=CNC1C(=O)N2C(C(=O)O[Si])=C(CI)CS[C@H]12. The number of hydrogen-bond acceptors (Lipinski definition) is 5. The van der Waals surface area contributed by atoms with Crippen molar-refractivity contribution in [3.05, 3.63) is 11.3 Å². The summed E-state index contributed by atoms with van der Waals surface area (Å²) in [5.41, 5.74) is 1.15. The smallest absolute Gasteiger partial charge is 0.345 e. The second kappa shape index (κ2) is 5.61. The Bertz CT molecular complexity index is 444. The van der Waals surface area contributed by atoms with E-state index in [1.165, 1.54) is 16.7 Å². The first-order valence-corrected chi connectivity index (χ1v) is 7.94. The maximum atomic E-state index is 11.9. The summed E-state index contributed by atoms with van der Waals surface area (Å²) in [7, 11) is 2.69. The topological polar surface area (TPSA) is 75.7 Å². The van der Waals surface area contributed by atoms with Crippen LogP contribution in [0.5, 0.6) is 0 Å². The Morgan fingerprint density at radius 3 is 3.00 bits per heavy atom. The molecule has 0 aromatic rings. The predicted molar refractivity (Wildman–Crippen MR) is 73.8 cm³/mol. The van der Waals surface area contributed by atoms with Crippen LogP contribution in [-0.4, -0.2) is 55.3 Å². The normalized spacial score (nSPS) is 26.3. The molecule has 1 fully saturated rings. The number of nitrogens with zero attached hydrogens (tertiary/aromatic N) is 1. The van der Waals surface area contributed by atoms with Crippen LogP contribution in [-0.2, 0) is 18.8 Å². The molecule has 0 aromatic heterocycles. The van der Waals surface area contributed by atoms with Gasteiger partial charge >= 0.3 is 16.5 Å². The molecule has 95 valence electrons. The minimum atomic E-state index is -0.582. The van der Waals surface area contributed by atoms with Crippen molar-refractivity contribution in [2.45, 2.75) is 11.4 Å². The lowest BCUT2D eigenvalue weighted by molar-refractivity contribution is -0.148. The summed E-state index contributed by atoms with van der Waals surface area (Å²) in [6.07, 6.45) is 0.500. The summed E-state index contributed by atoms with van der Waals surface area (Å²) in [6, 6.07) is -0.555. The Hall–Kier alpha value is -0.553. The molecule has 1 unspecified atom stereocenters. The number of carbonyl (C=O) groups excluding carboxylic acids is 3. The molecule has 6 nitrogen and oxygen atoms in total. The van der Waals surface area contributed by atoms with Crippen LogP contribution in [0.3, 0.4) is 0 Å². The van der Waals surface area contributed by atoms with Gasteiger partial charge in [0, 0.05) is 10.2 Å². The Morgan fingerprint density at radius 2 is 2.44 bits per heavy atom. The van der Waals surface area contributed by atoms with Gasteiger partial charge in [0.25, 0.3) is 5.91 Å². The fraction of sp³-hybridized carbons (Fsp3) is 0.444. The minimum Gasteiger partial charge on any atom is -0.511 e. The molecule has 9 heteroatoms. The van der Waals surface area contributed by atoms with E-state index in [1.54, 1.807) is 0 Å². The first kappa shape index (κ1) is 13.9. The molecule has 1 N–H and O–H groups in total. The number of β-lactam (4-membered cyclic amide) rings is 1. The summed E-state index contributed by atoms with van der Waals surface area (Å²) < 4.78 is 5.17. The van der Waals surface area contributed by atoms with E-state index in [1.807, 2.05) is 0 Å². The van der Waals surface area contributed by atoms with Crippen molar-refractivity contribution in [1.29, 1.82) is 0 Å². The van der Waals surface area contributed by atoms with Crippen molar-refractivity contribution in [2.75, 3.05) is 10.2 Å². The van der Waals surface area contributed by atoms with Crippen LogP contribution in [0.4, 0.5) is 0 Å². The predicted octanol–water partition coefficient (Wildman–Crippen LogP) is -0.668. The molecule has 2 aliphatic heterocycles. The number of rotatable bonds is 4. The second-order valence-corrected chi connectivity index (χ2v) is 5.72. The van der Waals surface area contributed by atoms with E-state index in [4.69, 9.17) is 0 Å². The molecule has 2 amide bonds. The van der Waals surface area contributed by atoms with Gasteiger partial charge in [-0.2, -0.15) is 0 Å². The number of thioether (sulfide) groups is 1. The van der Waals surface area contributed by atoms with E-state index in [-0.39, 0.29) is 17.0 Å². The molecule has 18 heavy (non-hydrogen) atoms. The Balaban J connectivity index is 2.30. The zero-order valence-electron chi connectivity index (χ0n) is 9.01. The third kappa shape index (κ3) is 2.07. The monoisotopic (exact) mass is 395 g/mol. The highest BCUT2D eigenvalue weighted by molar-refractivity contribution is 14.1. The summed E-state index contributed by atoms with van der Waals surface area (Å²) >= 11 is 3.66. The quantitative estimate of drug-likeness (QED) is 0.225. The maximum Gasteiger partial charge on any atom is 0.345 e. The molecule has 0 saturated carbocycles. The number of fused-ring (bicyclic) bond motifs is 1. The molecular weight excluding hydrogens is 387 g/mol. The zero-order chi connectivity index (χ0) is 13.3. The van der Waals surface area contributed by atoms with E-state index in [2.05, 4.69) is 42.8 Å². The van der Waals surface area contributed by atoms with Crippen molar-refractivity contribution < 1.29 is 18.8 Å². The van der Waals surface area contributed by atoms with Crippen molar-refractivity contribution in [1.82, 2.24) is 10.2 Å². The molecule has 0 aromatic carbocycles. The van der Waals surface area contributed by atoms with Crippen LogP contribution in [0.1, 0.15) is 0 Å². The molecule has 2 atom stereocenters. The van der Waals surface area contributed by atoms with Gasteiger partial charge in [-0.1, -0.05) is 22.6 Å². The Labute approximate surface area is 125 Å². The van der Waals surface area contributed by atoms with Crippen LogP contribution in [0, 0.1) is 0 Å². The molecule has 0 bridgehead atoms. The standard InChI is InChI=1S/C9H8IN2O4SSi/c10-1-4-2-17-8-5(11-3-13)7(14)12(8)6(4)9(15)16-18/h3,5,8H,1-2H2,(H,11,13)/t5?,8-/m1/s1. The highest BCUT2D eigenvalue weighted by Crippen LogP contribution is 2.40. The van der Waals surface area contributed by atoms with Gasteiger partial charge in [0.15, 0.2) is 0 Å². The van der Waals surface area contributed by atoms with Crippen LogP contribution in [0.25, 0.3) is 0 Å². The minimum absolute atomic E-state index is 0.227. The van der Waals surface area contributed by atoms with Crippen molar-refractivity contribution >= 4 is 63.1 Å². The summed E-state index contributed by atoms with van der Waals surface area (Å²) in [4.78, 5) is 35.4. The Morgan fingerprint density at radius 1 is 1.72 bits per heavy atom. The molecule has 2 rings (SSSR count). The van der Waals surface area contributed by atoms with Gasteiger partial charge in [-0.3, -0.25) is 14.5 Å². The van der Waals surface area contributed by atoms with E-state index in [9.17, 15) is 14.4 Å². The third-order valence-corrected chi connectivity index (χ3v) is 5.19. The van der Waals surface area contributed by atoms with Gasteiger partial charge in [0.05, 0.1) is 0 Å². The van der Waals surface area contributed by atoms with Crippen molar-refractivity contribution in [2.24, 2.45) is 0 Å². The third-order valence-electron chi connectivity index (χ3n) is 2.74. The highest BCUT2D eigenvalue weighted by Gasteiger charge is 2.53. The van der Waals surface area contributed by atoms with Crippen molar-refractivity contribution in [3.63, 3.8) is 0 Å². The highest BCUT2D eigenvalue weighted by atomic mass is 127. The number of halogens is 1. The van der Waals surface area contributed by atoms with E-state index in [0.29, 0.717) is 16.6 Å². The first-order chi connectivity index (χ1) is 8.65. The van der Waals surface area contributed by atoms with Gasteiger partial charge in [-0.05, 0) is 5.57 Å². The summed E-state index contributed by atoms with van der Waals surface area (Å²) in [6.45, 7) is 0. The molecule has 2 aliphatic rings. The van der Waals surface area contributed by atoms with E-state index < -0.39 is 12.0 Å². The van der Waals surface area contributed by atoms with Gasteiger partial charge in [-0.15, -0.1) is 11.8 Å².